The van der Waals surface area contributed by atoms with Crippen molar-refractivity contribution in [3.8, 4) is 0 Å². The van der Waals surface area contributed by atoms with Gasteiger partial charge in [0.15, 0.2) is 11.5 Å². The van der Waals surface area contributed by atoms with E-state index in [9.17, 15) is 4.79 Å². The first kappa shape index (κ1) is 13.8. The van der Waals surface area contributed by atoms with Gasteiger partial charge in [0.2, 0.25) is 0 Å². The number of Topliss-reactive ketones (excluding diaryl/α,β-unsaturated/α-hetero) is 1. The second kappa shape index (κ2) is 6.10. The first-order valence-electron chi connectivity index (χ1n) is 7.17. The Kier molecular flexibility index (Phi) is 4.22. The molecular weight excluding hydrogens is 318 g/mol. The summed E-state index contributed by atoms with van der Waals surface area (Å²) in [7, 11) is 0. The van der Waals surface area contributed by atoms with Gasteiger partial charge in [-0.05, 0) is 50.2 Å². The molecule has 3 nitrogen and oxygen atoms in total. The summed E-state index contributed by atoms with van der Waals surface area (Å²) in [5, 5.41) is 0.973. The summed E-state index contributed by atoms with van der Waals surface area (Å²) >= 11 is 3.43. The van der Waals surface area contributed by atoms with Crippen molar-refractivity contribution in [2.45, 2.75) is 25.7 Å². The van der Waals surface area contributed by atoms with E-state index in [1.165, 1.54) is 19.3 Å². The zero-order valence-corrected chi connectivity index (χ0v) is 13.0. The molecule has 0 atom stereocenters. The zero-order chi connectivity index (χ0) is 13.9. The Balaban J connectivity index is 1.65. The number of nitrogens with zero attached hydrogens (tertiary/aromatic N) is 1. The Morgan fingerprint density at radius 3 is 2.80 bits per heavy atom. The number of furan rings is 1. The summed E-state index contributed by atoms with van der Waals surface area (Å²) < 4.78 is 6.63. The maximum atomic E-state index is 12.2. The monoisotopic (exact) mass is 335 g/mol. The number of hydrogen-bond acceptors (Lipinski definition) is 3. The van der Waals surface area contributed by atoms with Gasteiger partial charge >= 0.3 is 0 Å². The number of halogens is 1. The number of carbonyl (C=O) groups is 1. The van der Waals surface area contributed by atoms with Gasteiger partial charge in [-0.15, -0.1) is 0 Å². The Hall–Kier alpha value is -1.13. The van der Waals surface area contributed by atoms with Crippen LogP contribution in [0, 0.1) is 0 Å². The minimum atomic E-state index is 0.0999. The Labute approximate surface area is 127 Å². The fourth-order valence-corrected chi connectivity index (χ4v) is 3.10. The minimum absolute atomic E-state index is 0.0999. The van der Waals surface area contributed by atoms with Crippen molar-refractivity contribution in [1.29, 1.82) is 0 Å². The van der Waals surface area contributed by atoms with Crippen LogP contribution in [0.5, 0.6) is 0 Å². The Bertz CT molecular complexity index is 614. The van der Waals surface area contributed by atoms with Crippen LogP contribution in [0.25, 0.3) is 11.0 Å². The third-order valence-electron chi connectivity index (χ3n) is 3.86. The van der Waals surface area contributed by atoms with Gasteiger partial charge in [-0.1, -0.05) is 22.4 Å². The average Bonchev–Trinajstić information content (AvgIpc) is 2.89. The summed E-state index contributed by atoms with van der Waals surface area (Å²) in [5.74, 6) is 0.581. The molecule has 1 aromatic heterocycles. The normalized spacial score (nSPS) is 16.6. The number of fused-ring (bicyclic) bond motifs is 1. The maximum absolute atomic E-state index is 12.2. The lowest BCUT2D eigenvalue weighted by molar-refractivity contribution is 0.0934. The van der Waals surface area contributed by atoms with E-state index in [-0.39, 0.29) is 5.78 Å². The van der Waals surface area contributed by atoms with Crippen LogP contribution in [0.2, 0.25) is 0 Å². The van der Waals surface area contributed by atoms with Gasteiger partial charge in [-0.3, -0.25) is 4.79 Å². The third-order valence-corrected chi connectivity index (χ3v) is 4.35. The van der Waals surface area contributed by atoms with E-state index >= 15 is 0 Å². The van der Waals surface area contributed by atoms with Crippen LogP contribution in [0.1, 0.15) is 36.2 Å². The van der Waals surface area contributed by atoms with Crippen LogP contribution in [-0.4, -0.2) is 30.3 Å². The van der Waals surface area contributed by atoms with Gasteiger partial charge in [0.25, 0.3) is 0 Å². The first-order valence-corrected chi connectivity index (χ1v) is 7.96. The molecule has 4 heteroatoms. The summed E-state index contributed by atoms with van der Waals surface area (Å²) in [6, 6.07) is 7.63. The van der Waals surface area contributed by atoms with Crippen molar-refractivity contribution in [3.63, 3.8) is 0 Å². The third kappa shape index (κ3) is 3.13. The molecule has 0 spiro atoms. The van der Waals surface area contributed by atoms with Crippen LogP contribution < -0.4 is 0 Å². The molecule has 0 amide bonds. The Morgan fingerprint density at radius 2 is 2.00 bits per heavy atom. The van der Waals surface area contributed by atoms with Gasteiger partial charge < -0.3 is 9.32 Å². The molecule has 2 aromatic rings. The molecule has 1 aromatic carbocycles. The molecule has 1 aliphatic heterocycles. The number of ketones is 1. The lowest BCUT2D eigenvalue weighted by atomic mass is 10.1. The van der Waals surface area contributed by atoms with Crippen molar-refractivity contribution < 1.29 is 9.21 Å². The molecule has 3 rings (SSSR count). The number of likely N-dealkylation sites (tertiary alicyclic amines) is 1. The minimum Gasteiger partial charge on any atom is -0.453 e. The predicted octanol–water partition coefficient (Wildman–Crippen LogP) is 4.25. The average molecular weight is 336 g/mol. The number of hydrogen-bond donors (Lipinski definition) is 0. The van der Waals surface area contributed by atoms with Crippen LogP contribution in [0.3, 0.4) is 0 Å². The Morgan fingerprint density at radius 1 is 1.20 bits per heavy atom. The number of benzene rings is 1. The van der Waals surface area contributed by atoms with E-state index in [1.54, 1.807) is 0 Å². The largest absolute Gasteiger partial charge is 0.453 e. The lowest BCUT2D eigenvalue weighted by Crippen LogP contribution is -2.31. The molecule has 106 valence electrons. The van der Waals surface area contributed by atoms with E-state index in [0.717, 1.165) is 35.1 Å². The van der Waals surface area contributed by atoms with Gasteiger partial charge in [0.05, 0.1) is 0 Å². The fraction of sp³-hybridized carbons (Fsp3) is 0.438. The molecule has 2 heterocycles. The smallest absolute Gasteiger partial charge is 0.199 e. The highest BCUT2D eigenvalue weighted by molar-refractivity contribution is 9.10. The van der Waals surface area contributed by atoms with Crippen LogP contribution >= 0.6 is 15.9 Å². The van der Waals surface area contributed by atoms with Crippen LogP contribution in [0.15, 0.2) is 33.2 Å². The van der Waals surface area contributed by atoms with Crippen molar-refractivity contribution >= 4 is 32.7 Å². The first-order chi connectivity index (χ1) is 9.72. The highest BCUT2D eigenvalue weighted by atomic mass is 79.9. The topological polar surface area (TPSA) is 33.5 Å². The second-order valence-corrected chi connectivity index (χ2v) is 6.28. The quantitative estimate of drug-likeness (QED) is 0.783. The van der Waals surface area contributed by atoms with Crippen molar-refractivity contribution in [3.05, 3.63) is 34.5 Å². The zero-order valence-electron chi connectivity index (χ0n) is 11.4. The van der Waals surface area contributed by atoms with E-state index in [2.05, 4.69) is 20.8 Å². The van der Waals surface area contributed by atoms with Gasteiger partial charge in [-0.2, -0.15) is 0 Å². The molecule has 1 aliphatic rings. The van der Waals surface area contributed by atoms with E-state index in [4.69, 9.17) is 4.42 Å². The fourth-order valence-electron chi connectivity index (χ4n) is 2.72. The van der Waals surface area contributed by atoms with Crippen molar-refractivity contribution in [1.82, 2.24) is 4.90 Å². The lowest BCUT2D eigenvalue weighted by Gasteiger charge is -2.25. The predicted molar refractivity (Wildman–Crippen MR) is 83.2 cm³/mol. The number of piperidine rings is 1. The summed E-state index contributed by atoms with van der Waals surface area (Å²) in [4.78, 5) is 14.6. The van der Waals surface area contributed by atoms with E-state index < -0.39 is 0 Å². The molecule has 1 fully saturated rings. The van der Waals surface area contributed by atoms with Gasteiger partial charge in [0, 0.05) is 22.8 Å². The van der Waals surface area contributed by atoms with Crippen LogP contribution in [-0.2, 0) is 0 Å². The maximum Gasteiger partial charge on any atom is 0.199 e. The number of rotatable bonds is 4. The van der Waals surface area contributed by atoms with Crippen molar-refractivity contribution in [2.75, 3.05) is 19.6 Å². The highest BCUT2D eigenvalue weighted by Gasteiger charge is 2.15. The standard InChI is InChI=1S/C16H18BrNO2/c17-13-4-5-15-12(10-13)11-16(20-15)14(19)6-9-18-7-2-1-3-8-18/h4-5,10-11H,1-3,6-9H2. The second-order valence-electron chi connectivity index (χ2n) is 5.37. The molecule has 0 radical (unpaired) electrons. The number of carbonyl (C=O) groups excluding carboxylic acids is 1. The molecule has 0 unspecified atom stereocenters. The van der Waals surface area contributed by atoms with Gasteiger partial charge in [-0.25, -0.2) is 0 Å². The molecular formula is C16H18BrNO2. The van der Waals surface area contributed by atoms with Crippen molar-refractivity contribution in [2.24, 2.45) is 0 Å². The summed E-state index contributed by atoms with van der Waals surface area (Å²) in [5.41, 5.74) is 0.773. The molecule has 20 heavy (non-hydrogen) atoms. The molecule has 0 saturated carbocycles. The van der Waals surface area contributed by atoms with E-state index in [0.29, 0.717) is 12.2 Å². The molecule has 0 bridgehead atoms. The molecule has 1 saturated heterocycles. The summed E-state index contributed by atoms with van der Waals surface area (Å²) in [6.07, 6.45) is 4.38. The van der Waals surface area contributed by atoms with Gasteiger partial charge in [0.1, 0.15) is 5.58 Å². The van der Waals surface area contributed by atoms with Crippen LogP contribution in [0.4, 0.5) is 0 Å². The highest BCUT2D eigenvalue weighted by Crippen LogP contribution is 2.24. The molecule has 0 aliphatic carbocycles. The summed E-state index contributed by atoms with van der Waals surface area (Å²) in [6.45, 7) is 3.10. The SMILES string of the molecule is O=C(CCN1CCCCC1)c1cc2cc(Br)ccc2o1. The van der Waals surface area contributed by atoms with E-state index in [1.807, 2.05) is 24.3 Å². The molecule has 0 N–H and O–H groups in total.